The number of nitrogens with one attached hydrogen (secondary N) is 1. The zero-order valence-corrected chi connectivity index (χ0v) is 11.3. The number of hydrogen-bond acceptors (Lipinski definition) is 4. The number of carboxylic acids is 1. The molecule has 1 aromatic carbocycles. The van der Waals surface area contributed by atoms with E-state index >= 15 is 0 Å². The van der Waals surface area contributed by atoms with Crippen LogP contribution in [0.3, 0.4) is 0 Å². The molecule has 0 aliphatic heterocycles. The Kier molecular flexibility index (Phi) is 5.79. The summed E-state index contributed by atoms with van der Waals surface area (Å²) in [6.07, 6.45) is 0.843. The van der Waals surface area contributed by atoms with Crippen molar-refractivity contribution >= 4 is 5.97 Å². The van der Waals surface area contributed by atoms with Crippen molar-refractivity contribution < 1.29 is 19.7 Å². The molecule has 3 N–H and O–H groups in total. The van der Waals surface area contributed by atoms with E-state index in [1.165, 1.54) is 0 Å². The lowest BCUT2D eigenvalue weighted by molar-refractivity contribution is -0.145. The van der Waals surface area contributed by atoms with Gasteiger partial charge in [-0.25, -0.2) is 0 Å². The van der Waals surface area contributed by atoms with Crippen molar-refractivity contribution in [3.63, 3.8) is 0 Å². The summed E-state index contributed by atoms with van der Waals surface area (Å²) >= 11 is 0. The average molecular weight is 267 g/mol. The lowest BCUT2D eigenvalue weighted by atomic mass is 10.0. The summed E-state index contributed by atoms with van der Waals surface area (Å²) in [4.78, 5) is 11.3. The highest BCUT2D eigenvalue weighted by molar-refractivity contribution is 5.78. The van der Waals surface area contributed by atoms with Crippen LogP contribution in [0.4, 0.5) is 0 Å². The summed E-state index contributed by atoms with van der Waals surface area (Å²) in [6.45, 7) is 4.03. The lowest BCUT2D eigenvalue weighted by Gasteiger charge is -2.26. The summed E-state index contributed by atoms with van der Waals surface area (Å²) in [5, 5.41) is 21.4. The molecule has 1 aromatic rings. The van der Waals surface area contributed by atoms with Crippen LogP contribution < -0.4 is 10.1 Å². The van der Waals surface area contributed by atoms with Gasteiger partial charge in [0.15, 0.2) is 0 Å². The van der Waals surface area contributed by atoms with E-state index in [9.17, 15) is 15.0 Å². The molecule has 5 heteroatoms. The Bertz CT molecular complexity index is 422. The fraction of sp³-hybridized carbons (Fsp3) is 0.500. The molecule has 0 fully saturated rings. The summed E-state index contributed by atoms with van der Waals surface area (Å²) in [5.74, 6) is -0.446. The van der Waals surface area contributed by atoms with Crippen LogP contribution in [0.2, 0.25) is 0 Å². The summed E-state index contributed by atoms with van der Waals surface area (Å²) in [7, 11) is 0. The van der Waals surface area contributed by atoms with Gasteiger partial charge in [0.25, 0.3) is 0 Å². The minimum absolute atomic E-state index is 0.000648. The molecule has 0 saturated heterocycles. The van der Waals surface area contributed by atoms with Crippen LogP contribution in [0.25, 0.3) is 0 Å². The second-order valence-electron chi connectivity index (χ2n) is 4.62. The first-order chi connectivity index (χ1) is 9.03. The Labute approximate surface area is 113 Å². The molecule has 5 nitrogen and oxygen atoms in total. The number of benzene rings is 1. The van der Waals surface area contributed by atoms with Crippen LogP contribution in [0, 0.1) is 0 Å². The number of aliphatic carboxylic acids is 1. The van der Waals surface area contributed by atoms with Crippen molar-refractivity contribution in [1.82, 2.24) is 5.32 Å². The average Bonchev–Trinajstić information content (AvgIpc) is 2.43. The maximum atomic E-state index is 11.3. The highest BCUT2D eigenvalue weighted by Crippen LogP contribution is 2.19. The van der Waals surface area contributed by atoms with Crippen LogP contribution in [0.1, 0.15) is 25.8 Å². The Morgan fingerprint density at radius 2 is 2.11 bits per heavy atom. The molecule has 1 atom stereocenters. The maximum absolute atomic E-state index is 11.3. The van der Waals surface area contributed by atoms with E-state index in [4.69, 9.17) is 4.74 Å². The van der Waals surface area contributed by atoms with Gasteiger partial charge in [0.2, 0.25) is 0 Å². The predicted molar refractivity (Wildman–Crippen MR) is 72.2 cm³/mol. The molecule has 0 amide bonds. The van der Waals surface area contributed by atoms with Gasteiger partial charge in [-0.3, -0.25) is 10.1 Å². The van der Waals surface area contributed by atoms with E-state index in [1.54, 1.807) is 31.2 Å². The van der Waals surface area contributed by atoms with Gasteiger partial charge >= 0.3 is 5.97 Å². The molecule has 0 heterocycles. The Balaban J connectivity index is 2.73. The third-order valence-corrected chi connectivity index (χ3v) is 2.90. The minimum atomic E-state index is -1.14. The number of para-hydroxylation sites is 1. The third kappa shape index (κ3) is 4.22. The number of ether oxygens (including phenoxy) is 1. The number of aliphatic hydroxyl groups is 1. The van der Waals surface area contributed by atoms with Gasteiger partial charge in [0.05, 0.1) is 6.61 Å². The first-order valence-corrected chi connectivity index (χ1v) is 6.33. The fourth-order valence-electron chi connectivity index (χ4n) is 1.59. The van der Waals surface area contributed by atoms with Gasteiger partial charge in [-0.15, -0.1) is 0 Å². The molecular weight excluding hydrogens is 246 g/mol. The molecule has 0 aliphatic rings. The minimum Gasteiger partial charge on any atom is -0.491 e. The van der Waals surface area contributed by atoms with Gasteiger partial charge < -0.3 is 14.9 Å². The largest absolute Gasteiger partial charge is 0.491 e. The van der Waals surface area contributed by atoms with Crippen molar-refractivity contribution in [3.05, 3.63) is 29.8 Å². The monoisotopic (exact) mass is 267 g/mol. The molecule has 0 spiro atoms. The molecule has 0 saturated carbocycles. The van der Waals surface area contributed by atoms with Gasteiger partial charge in [-0.1, -0.05) is 25.1 Å². The standard InChI is InChI=1S/C14H21NO4/c1-3-8-15-14(2,13(17)18)10-19-12-7-5-4-6-11(12)9-16/h4-7,15-16H,3,8-10H2,1-2H3,(H,17,18). The first-order valence-electron chi connectivity index (χ1n) is 6.33. The molecule has 19 heavy (non-hydrogen) atoms. The third-order valence-electron chi connectivity index (χ3n) is 2.90. The number of carboxylic acid groups (broad SMARTS) is 1. The molecule has 0 bridgehead atoms. The van der Waals surface area contributed by atoms with Crippen molar-refractivity contribution in [3.8, 4) is 5.75 Å². The van der Waals surface area contributed by atoms with Crippen molar-refractivity contribution in [2.24, 2.45) is 0 Å². The highest BCUT2D eigenvalue weighted by Gasteiger charge is 2.33. The topological polar surface area (TPSA) is 78.8 Å². The van der Waals surface area contributed by atoms with E-state index in [0.29, 0.717) is 17.9 Å². The molecule has 0 radical (unpaired) electrons. The van der Waals surface area contributed by atoms with E-state index in [0.717, 1.165) is 6.42 Å². The fourth-order valence-corrected chi connectivity index (χ4v) is 1.59. The van der Waals surface area contributed by atoms with E-state index in [1.807, 2.05) is 6.92 Å². The molecule has 106 valence electrons. The van der Waals surface area contributed by atoms with Crippen molar-refractivity contribution in [2.45, 2.75) is 32.4 Å². The van der Waals surface area contributed by atoms with Gasteiger partial charge in [0.1, 0.15) is 17.9 Å². The van der Waals surface area contributed by atoms with E-state index in [2.05, 4.69) is 5.32 Å². The smallest absolute Gasteiger partial charge is 0.327 e. The molecule has 1 unspecified atom stereocenters. The van der Waals surface area contributed by atoms with Gasteiger partial charge in [0, 0.05) is 5.56 Å². The number of rotatable bonds is 8. The second-order valence-corrected chi connectivity index (χ2v) is 4.62. The molecule has 0 aromatic heterocycles. The maximum Gasteiger partial charge on any atom is 0.327 e. The van der Waals surface area contributed by atoms with Crippen LogP contribution >= 0.6 is 0 Å². The lowest BCUT2D eigenvalue weighted by Crippen LogP contribution is -2.54. The van der Waals surface area contributed by atoms with Gasteiger partial charge in [-0.05, 0) is 26.0 Å². The van der Waals surface area contributed by atoms with E-state index in [-0.39, 0.29) is 13.2 Å². The number of hydrogen-bond donors (Lipinski definition) is 3. The number of aliphatic hydroxyl groups excluding tert-OH is 1. The number of carbonyl (C=O) groups is 1. The molecular formula is C14H21NO4. The van der Waals surface area contributed by atoms with Crippen molar-refractivity contribution in [1.29, 1.82) is 0 Å². The summed E-state index contributed by atoms with van der Waals surface area (Å²) in [6, 6.07) is 7.04. The Morgan fingerprint density at radius 1 is 1.42 bits per heavy atom. The predicted octanol–water partition coefficient (Wildman–Crippen LogP) is 1.40. The van der Waals surface area contributed by atoms with Crippen molar-refractivity contribution in [2.75, 3.05) is 13.2 Å². The Hall–Kier alpha value is -1.59. The van der Waals surface area contributed by atoms with Gasteiger partial charge in [-0.2, -0.15) is 0 Å². The highest BCUT2D eigenvalue weighted by atomic mass is 16.5. The summed E-state index contributed by atoms with van der Waals surface area (Å²) < 4.78 is 5.55. The normalized spacial score (nSPS) is 13.8. The molecule has 0 aliphatic carbocycles. The van der Waals surface area contributed by atoms with Crippen LogP contribution in [-0.4, -0.2) is 34.9 Å². The Morgan fingerprint density at radius 3 is 2.68 bits per heavy atom. The zero-order valence-electron chi connectivity index (χ0n) is 11.3. The van der Waals surface area contributed by atoms with E-state index < -0.39 is 11.5 Å². The zero-order chi connectivity index (χ0) is 14.3. The SMILES string of the molecule is CCCNC(C)(COc1ccccc1CO)C(=O)O. The van der Waals surface area contributed by atoms with Crippen LogP contribution in [0.5, 0.6) is 5.75 Å². The second kappa shape index (κ2) is 7.11. The van der Waals surface area contributed by atoms with Crippen LogP contribution in [-0.2, 0) is 11.4 Å². The molecule has 1 rings (SSSR count). The first kappa shape index (κ1) is 15.5. The van der Waals surface area contributed by atoms with Crippen LogP contribution in [0.15, 0.2) is 24.3 Å². The summed E-state index contributed by atoms with van der Waals surface area (Å²) in [5.41, 5.74) is -0.496. The quantitative estimate of drug-likeness (QED) is 0.663.